The Morgan fingerprint density at radius 3 is 2.38 bits per heavy atom. The molecule has 3 rings (SSSR count). The molecule has 9 heteroatoms. The third-order valence-electron chi connectivity index (χ3n) is 3.29. The number of nitrogens with zero attached hydrogens (tertiary/aromatic N) is 2. The maximum Gasteiger partial charge on any atom is 0.278 e. The van der Waals surface area contributed by atoms with Gasteiger partial charge in [-0.2, -0.15) is 0 Å². The number of para-hydroxylation sites is 1. The van der Waals surface area contributed by atoms with Crippen molar-refractivity contribution in [3.8, 4) is 11.3 Å². The lowest BCUT2D eigenvalue weighted by Gasteiger charge is -2.08. The fourth-order valence-corrected chi connectivity index (χ4v) is 3.19. The Kier molecular flexibility index (Phi) is 5.92. The van der Waals surface area contributed by atoms with Gasteiger partial charge in [-0.1, -0.05) is 71.4 Å². The summed E-state index contributed by atoms with van der Waals surface area (Å²) in [5.41, 5.74) is 0.870. The second-order valence-corrected chi connectivity index (χ2v) is 6.89. The number of H-pyrrole nitrogens is 1. The molecule has 0 aliphatic rings. The van der Waals surface area contributed by atoms with Gasteiger partial charge >= 0.3 is 0 Å². The van der Waals surface area contributed by atoms with Crippen LogP contribution in [0.15, 0.2) is 58.5 Å². The van der Waals surface area contributed by atoms with Crippen LogP contribution in [0.4, 0.5) is 5.69 Å². The fraction of sp³-hybridized carbons (Fsp3) is 0.0588. The van der Waals surface area contributed by atoms with E-state index in [1.165, 1.54) is 0 Å². The summed E-state index contributed by atoms with van der Waals surface area (Å²) in [4.78, 5) is 26.9. The molecule has 0 aliphatic carbocycles. The first-order chi connectivity index (χ1) is 12.5. The van der Waals surface area contributed by atoms with E-state index >= 15 is 0 Å². The molecule has 0 radical (unpaired) electrons. The van der Waals surface area contributed by atoms with Crippen molar-refractivity contribution in [2.75, 3.05) is 11.1 Å². The van der Waals surface area contributed by atoms with Crippen LogP contribution in [-0.2, 0) is 4.79 Å². The molecule has 132 valence electrons. The van der Waals surface area contributed by atoms with E-state index in [2.05, 4.69) is 20.5 Å². The Morgan fingerprint density at radius 1 is 1.04 bits per heavy atom. The normalized spacial score (nSPS) is 10.5. The molecule has 2 N–H and O–H groups in total. The first-order valence-electron chi connectivity index (χ1n) is 7.43. The molecule has 0 aliphatic heterocycles. The number of nitrogens with one attached hydrogen (secondary N) is 2. The van der Waals surface area contributed by atoms with E-state index in [1.807, 2.05) is 18.2 Å². The van der Waals surface area contributed by atoms with Gasteiger partial charge in [0.1, 0.15) is 0 Å². The largest absolute Gasteiger partial charge is 0.323 e. The van der Waals surface area contributed by atoms with Gasteiger partial charge in [0.05, 0.1) is 21.5 Å². The van der Waals surface area contributed by atoms with Crippen molar-refractivity contribution < 1.29 is 4.79 Å². The van der Waals surface area contributed by atoms with E-state index in [9.17, 15) is 9.59 Å². The number of carbonyl (C=O) groups is 1. The number of anilines is 1. The molecule has 0 saturated carbocycles. The van der Waals surface area contributed by atoms with Gasteiger partial charge in [0.25, 0.3) is 5.56 Å². The third kappa shape index (κ3) is 4.43. The molecule has 0 bridgehead atoms. The highest BCUT2D eigenvalue weighted by atomic mass is 35.5. The summed E-state index contributed by atoms with van der Waals surface area (Å²) in [5.74, 6) is -0.323. The summed E-state index contributed by atoms with van der Waals surface area (Å²) in [6, 6.07) is 13.9. The van der Waals surface area contributed by atoms with Crippen LogP contribution in [-0.4, -0.2) is 26.8 Å². The van der Waals surface area contributed by atoms with Crippen molar-refractivity contribution in [1.29, 1.82) is 0 Å². The standard InChI is InChI=1S/C17H12Cl2N4O2S/c18-11-7-4-8-12(19)15(11)20-13(24)9-26-17-21-16(25)14(22-23-17)10-5-2-1-3-6-10/h1-8H,9H2,(H,20,24)(H,21,23,25). The van der Waals surface area contributed by atoms with Crippen molar-refractivity contribution in [2.24, 2.45) is 0 Å². The highest BCUT2D eigenvalue weighted by molar-refractivity contribution is 7.99. The van der Waals surface area contributed by atoms with E-state index in [0.29, 0.717) is 21.3 Å². The van der Waals surface area contributed by atoms with Crippen LogP contribution in [0.25, 0.3) is 11.3 Å². The quantitative estimate of drug-likeness (QED) is 0.627. The fourth-order valence-electron chi connectivity index (χ4n) is 2.10. The molecule has 6 nitrogen and oxygen atoms in total. The Bertz CT molecular complexity index is 975. The zero-order chi connectivity index (χ0) is 18.5. The molecule has 0 spiro atoms. The predicted octanol–water partition coefficient (Wildman–Crippen LogP) is 3.87. The van der Waals surface area contributed by atoms with Crippen LogP contribution in [0, 0.1) is 0 Å². The number of rotatable bonds is 5. The highest BCUT2D eigenvalue weighted by Crippen LogP contribution is 2.30. The lowest BCUT2D eigenvalue weighted by molar-refractivity contribution is -0.113. The van der Waals surface area contributed by atoms with E-state index in [-0.39, 0.29) is 28.1 Å². The number of aromatic nitrogens is 3. The second-order valence-electron chi connectivity index (χ2n) is 5.11. The molecule has 3 aromatic rings. The average Bonchev–Trinajstić information content (AvgIpc) is 2.64. The summed E-state index contributed by atoms with van der Waals surface area (Å²) in [6.07, 6.45) is 0. The number of benzene rings is 2. The molecule has 0 fully saturated rings. The lowest BCUT2D eigenvalue weighted by atomic mass is 10.2. The topological polar surface area (TPSA) is 87.7 Å². The Balaban J connectivity index is 1.66. The van der Waals surface area contributed by atoms with Crippen molar-refractivity contribution in [1.82, 2.24) is 15.2 Å². The van der Waals surface area contributed by atoms with Crippen LogP contribution in [0.3, 0.4) is 0 Å². The molecule has 26 heavy (non-hydrogen) atoms. The molecule has 1 aromatic heterocycles. The summed E-state index contributed by atoms with van der Waals surface area (Å²) >= 11 is 13.1. The minimum atomic E-state index is -0.372. The van der Waals surface area contributed by atoms with Crippen LogP contribution >= 0.6 is 35.0 Å². The molecule has 1 amide bonds. The molecule has 1 heterocycles. The Labute approximate surface area is 163 Å². The van der Waals surface area contributed by atoms with E-state index in [0.717, 1.165) is 11.8 Å². The number of hydrogen-bond donors (Lipinski definition) is 2. The monoisotopic (exact) mass is 406 g/mol. The van der Waals surface area contributed by atoms with Gasteiger partial charge in [-0.15, -0.1) is 10.2 Å². The average molecular weight is 407 g/mol. The van der Waals surface area contributed by atoms with Crippen LogP contribution in [0.2, 0.25) is 10.0 Å². The number of halogens is 2. The minimum Gasteiger partial charge on any atom is -0.323 e. The molecule has 0 unspecified atom stereocenters. The zero-order valence-electron chi connectivity index (χ0n) is 13.2. The maximum atomic E-state index is 12.2. The summed E-state index contributed by atoms with van der Waals surface area (Å²) < 4.78 is 0. The first-order valence-corrected chi connectivity index (χ1v) is 9.18. The zero-order valence-corrected chi connectivity index (χ0v) is 15.5. The molecule has 2 aromatic carbocycles. The number of aromatic amines is 1. The molecule has 0 atom stereocenters. The van der Waals surface area contributed by atoms with E-state index in [1.54, 1.807) is 30.3 Å². The summed E-state index contributed by atoms with van der Waals surface area (Å²) in [6.45, 7) is 0. The van der Waals surface area contributed by atoms with Crippen molar-refractivity contribution in [3.05, 3.63) is 68.9 Å². The number of thioether (sulfide) groups is 1. The SMILES string of the molecule is O=C(CSc1nnc(-c2ccccc2)c(=O)[nH]1)Nc1c(Cl)cccc1Cl. The third-order valence-corrected chi connectivity index (χ3v) is 4.78. The lowest BCUT2D eigenvalue weighted by Crippen LogP contribution is -2.17. The Morgan fingerprint density at radius 2 is 1.73 bits per heavy atom. The van der Waals surface area contributed by atoms with Crippen LogP contribution in [0.5, 0.6) is 0 Å². The van der Waals surface area contributed by atoms with Gasteiger partial charge in [-0.05, 0) is 12.1 Å². The Hall–Kier alpha value is -2.35. The molecule has 0 saturated heterocycles. The van der Waals surface area contributed by atoms with Crippen molar-refractivity contribution in [2.45, 2.75) is 5.16 Å². The summed E-state index contributed by atoms with van der Waals surface area (Å²) in [7, 11) is 0. The van der Waals surface area contributed by atoms with Gasteiger partial charge in [0.15, 0.2) is 10.9 Å². The molecular weight excluding hydrogens is 395 g/mol. The van der Waals surface area contributed by atoms with Gasteiger partial charge in [0.2, 0.25) is 5.91 Å². The summed E-state index contributed by atoms with van der Waals surface area (Å²) in [5, 5.41) is 11.5. The predicted molar refractivity (Wildman–Crippen MR) is 104 cm³/mol. The number of amides is 1. The molecular formula is C17H12Cl2N4O2S. The van der Waals surface area contributed by atoms with Gasteiger partial charge in [-0.25, -0.2) is 0 Å². The maximum absolute atomic E-state index is 12.2. The van der Waals surface area contributed by atoms with Crippen LogP contribution in [0.1, 0.15) is 0 Å². The smallest absolute Gasteiger partial charge is 0.278 e. The first kappa shape index (κ1) is 18.4. The number of carbonyl (C=O) groups excluding carboxylic acids is 1. The van der Waals surface area contributed by atoms with Crippen molar-refractivity contribution >= 4 is 46.6 Å². The minimum absolute atomic E-state index is 0.0108. The van der Waals surface area contributed by atoms with Gasteiger partial charge in [0, 0.05) is 5.56 Å². The highest BCUT2D eigenvalue weighted by Gasteiger charge is 2.12. The van der Waals surface area contributed by atoms with Gasteiger partial charge < -0.3 is 5.32 Å². The van der Waals surface area contributed by atoms with Crippen LogP contribution < -0.4 is 10.9 Å². The second kappa shape index (κ2) is 8.35. The number of hydrogen-bond acceptors (Lipinski definition) is 5. The van der Waals surface area contributed by atoms with Gasteiger partial charge in [-0.3, -0.25) is 14.6 Å². The van der Waals surface area contributed by atoms with E-state index < -0.39 is 0 Å². The van der Waals surface area contributed by atoms with Crippen molar-refractivity contribution in [3.63, 3.8) is 0 Å². The van der Waals surface area contributed by atoms with E-state index in [4.69, 9.17) is 23.2 Å².